The van der Waals surface area contributed by atoms with E-state index >= 15 is 0 Å². The molecule has 0 saturated heterocycles. The largest absolute Gasteiger partial charge is 0.366 e. The summed E-state index contributed by atoms with van der Waals surface area (Å²) in [5.74, 6) is 1.67. The van der Waals surface area contributed by atoms with Crippen molar-refractivity contribution < 1.29 is 0 Å². The van der Waals surface area contributed by atoms with Gasteiger partial charge in [0.15, 0.2) is 15.4 Å². The zero-order valence-corrected chi connectivity index (χ0v) is 18.4. The molecule has 1 aliphatic rings. The number of rotatable bonds is 5. The minimum absolute atomic E-state index is 0.471. The van der Waals surface area contributed by atoms with E-state index in [1.807, 2.05) is 24.3 Å². The highest BCUT2D eigenvalue weighted by Crippen LogP contribution is 2.33. The quantitative estimate of drug-likeness (QED) is 0.357. The van der Waals surface area contributed by atoms with E-state index in [2.05, 4.69) is 46.3 Å². The van der Waals surface area contributed by atoms with Gasteiger partial charge in [-0.3, -0.25) is 0 Å². The average molecular weight is 433 g/mol. The molecular formula is C24H24N4S2. The fourth-order valence-corrected chi connectivity index (χ4v) is 5.39. The molecule has 0 amide bonds. The van der Waals surface area contributed by atoms with Crippen molar-refractivity contribution in [2.24, 2.45) is 0 Å². The van der Waals surface area contributed by atoms with Crippen LogP contribution in [-0.2, 0) is 6.54 Å². The molecule has 2 heterocycles. The first kappa shape index (κ1) is 19.4. The monoisotopic (exact) mass is 432 g/mol. The molecule has 5 rings (SSSR count). The molecule has 0 spiro atoms. The number of fused-ring (bicyclic) bond motifs is 1. The van der Waals surface area contributed by atoms with Crippen molar-refractivity contribution in [3.8, 4) is 11.4 Å². The number of aromatic nitrogens is 3. The van der Waals surface area contributed by atoms with E-state index in [-0.39, 0.29) is 0 Å². The van der Waals surface area contributed by atoms with Gasteiger partial charge >= 0.3 is 0 Å². The maximum atomic E-state index is 5.76. The van der Waals surface area contributed by atoms with Crippen LogP contribution >= 0.6 is 23.6 Å². The van der Waals surface area contributed by atoms with Gasteiger partial charge in [0.25, 0.3) is 0 Å². The van der Waals surface area contributed by atoms with Gasteiger partial charge in [0, 0.05) is 11.6 Å². The highest BCUT2D eigenvalue weighted by molar-refractivity contribution is 7.73. The van der Waals surface area contributed by atoms with Crippen LogP contribution in [0.2, 0.25) is 0 Å². The predicted octanol–water partition coefficient (Wildman–Crippen LogP) is 6.68. The summed E-state index contributed by atoms with van der Waals surface area (Å²) in [5, 5.41) is 3.74. The van der Waals surface area contributed by atoms with Crippen LogP contribution in [0.4, 0.5) is 5.82 Å². The van der Waals surface area contributed by atoms with E-state index in [9.17, 15) is 0 Å². The van der Waals surface area contributed by atoms with Gasteiger partial charge in [-0.2, -0.15) is 0 Å². The number of thiazole rings is 1. The van der Waals surface area contributed by atoms with Gasteiger partial charge in [-0.25, -0.2) is 9.97 Å². The normalized spacial score (nSPS) is 14.8. The third-order valence-corrected chi connectivity index (χ3v) is 7.12. The molecule has 152 valence electrons. The SMILES string of the molecule is S=c1sc2c(NC3CCCCC3)nc(-c3ccccc3)nc2n1Cc1ccccc1. The second-order valence-electron chi connectivity index (χ2n) is 7.83. The first-order valence-electron chi connectivity index (χ1n) is 10.6. The fraction of sp³-hybridized carbons (Fsp3) is 0.292. The van der Waals surface area contributed by atoms with Gasteiger partial charge < -0.3 is 9.88 Å². The second kappa shape index (κ2) is 8.66. The lowest BCUT2D eigenvalue weighted by Gasteiger charge is -2.23. The lowest BCUT2D eigenvalue weighted by atomic mass is 9.95. The lowest BCUT2D eigenvalue weighted by Crippen LogP contribution is -2.23. The molecule has 30 heavy (non-hydrogen) atoms. The van der Waals surface area contributed by atoms with Crippen molar-refractivity contribution in [3.63, 3.8) is 0 Å². The number of benzene rings is 2. The molecule has 1 fully saturated rings. The summed E-state index contributed by atoms with van der Waals surface area (Å²) >= 11 is 7.37. The van der Waals surface area contributed by atoms with Crippen molar-refractivity contribution in [2.45, 2.75) is 44.7 Å². The van der Waals surface area contributed by atoms with E-state index in [4.69, 9.17) is 22.2 Å². The Balaban J connectivity index is 1.63. The van der Waals surface area contributed by atoms with Crippen LogP contribution in [0.3, 0.4) is 0 Å². The predicted molar refractivity (Wildman–Crippen MR) is 128 cm³/mol. The Morgan fingerprint density at radius 2 is 1.63 bits per heavy atom. The van der Waals surface area contributed by atoms with Gasteiger partial charge in [-0.1, -0.05) is 91.3 Å². The summed E-state index contributed by atoms with van der Waals surface area (Å²) in [5.41, 5.74) is 3.16. The van der Waals surface area contributed by atoms with Crippen LogP contribution in [0, 0.1) is 3.95 Å². The van der Waals surface area contributed by atoms with E-state index < -0.39 is 0 Å². The fourth-order valence-electron chi connectivity index (χ4n) is 4.10. The van der Waals surface area contributed by atoms with E-state index in [0.29, 0.717) is 12.6 Å². The van der Waals surface area contributed by atoms with Crippen LogP contribution < -0.4 is 5.32 Å². The first-order chi connectivity index (χ1) is 14.8. The summed E-state index contributed by atoms with van der Waals surface area (Å²) in [6, 6.07) is 21.1. The Labute approximate surface area is 185 Å². The Bertz CT molecular complexity index is 1190. The second-order valence-corrected chi connectivity index (χ2v) is 9.48. The van der Waals surface area contributed by atoms with Gasteiger partial charge in [-0.15, -0.1) is 0 Å². The highest BCUT2D eigenvalue weighted by Gasteiger charge is 2.20. The van der Waals surface area contributed by atoms with E-state index in [1.54, 1.807) is 11.3 Å². The smallest absolute Gasteiger partial charge is 0.163 e. The van der Waals surface area contributed by atoms with Gasteiger partial charge in [0.05, 0.1) is 6.54 Å². The number of anilines is 1. The summed E-state index contributed by atoms with van der Waals surface area (Å²) in [6.45, 7) is 0.716. The lowest BCUT2D eigenvalue weighted by molar-refractivity contribution is 0.462. The topological polar surface area (TPSA) is 42.7 Å². The maximum Gasteiger partial charge on any atom is 0.163 e. The molecule has 2 aromatic carbocycles. The number of nitrogens with zero attached hydrogens (tertiary/aromatic N) is 3. The van der Waals surface area contributed by atoms with Gasteiger partial charge in [-0.05, 0) is 30.6 Å². The van der Waals surface area contributed by atoms with Crippen molar-refractivity contribution in [3.05, 3.63) is 70.2 Å². The van der Waals surface area contributed by atoms with Crippen LogP contribution in [0.1, 0.15) is 37.7 Å². The Kier molecular flexibility index (Phi) is 5.60. The van der Waals surface area contributed by atoms with Crippen LogP contribution in [0.15, 0.2) is 60.7 Å². The number of nitrogens with one attached hydrogen (secondary N) is 1. The molecule has 2 aromatic heterocycles. The summed E-state index contributed by atoms with van der Waals surface area (Å²) in [6.07, 6.45) is 6.29. The van der Waals surface area contributed by atoms with Gasteiger partial charge in [0.1, 0.15) is 10.5 Å². The van der Waals surface area contributed by atoms with Crippen molar-refractivity contribution >= 4 is 39.7 Å². The molecule has 0 radical (unpaired) electrons. The van der Waals surface area contributed by atoms with Crippen molar-refractivity contribution in [1.82, 2.24) is 14.5 Å². The Morgan fingerprint density at radius 3 is 2.37 bits per heavy atom. The summed E-state index contributed by atoms with van der Waals surface area (Å²) in [7, 11) is 0. The zero-order chi connectivity index (χ0) is 20.3. The Morgan fingerprint density at radius 1 is 0.933 bits per heavy atom. The third-order valence-electron chi connectivity index (χ3n) is 5.67. The highest BCUT2D eigenvalue weighted by atomic mass is 32.1. The van der Waals surface area contributed by atoms with Crippen molar-refractivity contribution in [2.75, 3.05) is 5.32 Å². The number of hydrogen-bond acceptors (Lipinski definition) is 5. The molecule has 6 heteroatoms. The van der Waals surface area contributed by atoms with Gasteiger partial charge in [0.2, 0.25) is 0 Å². The van der Waals surface area contributed by atoms with Crippen LogP contribution in [0.25, 0.3) is 21.7 Å². The minimum atomic E-state index is 0.471. The molecule has 4 nitrogen and oxygen atoms in total. The van der Waals surface area contributed by atoms with Crippen LogP contribution in [0.5, 0.6) is 0 Å². The molecule has 0 aliphatic heterocycles. The van der Waals surface area contributed by atoms with Crippen molar-refractivity contribution in [1.29, 1.82) is 0 Å². The molecule has 1 saturated carbocycles. The first-order valence-corrected chi connectivity index (χ1v) is 11.8. The molecule has 1 N–H and O–H groups in total. The minimum Gasteiger partial charge on any atom is -0.366 e. The average Bonchev–Trinajstić information content (AvgIpc) is 3.11. The van der Waals surface area contributed by atoms with E-state index in [1.165, 1.54) is 37.7 Å². The standard InChI is InChI=1S/C24H24N4S2/c29-24-28(16-17-10-4-1-5-11-17)23-20(30-24)22(25-19-14-8-3-9-15-19)26-21(27-23)18-12-6-2-7-13-18/h1-2,4-7,10-13,19H,3,8-9,14-16H2,(H,25,26,27). The van der Waals surface area contributed by atoms with Crippen LogP contribution in [-0.4, -0.2) is 20.6 Å². The zero-order valence-electron chi connectivity index (χ0n) is 16.8. The molecule has 4 aromatic rings. The molecular weight excluding hydrogens is 408 g/mol. The molecule has 1 aliphatic carbocycles. The van der Waals surface area contributed by atoms with E-state index in [0.717, 1.165) is 31.5 Å². The number of hydrogen-bond donors (Lipinski definition) is 1. The molecule has 0 atom stereocenters. The summed E-state index contributed by atoms with van der Waals surface area (Å²) in [4.78, 5) is 9.93. The molecule has 0 unspecified atom stereocenters. The Hall–Kier alpha value is -2.57. The summed E-state index contributed by atoms with van der Waals surface area (Å²) < 4.78 is 4.03. The third kappa shape index (κ3) is 4.02. The molecule has 0 bridgehead atoms. The maximum absolute atomic E-state index is 5.76.